The number of carbonyl (C=O) groups excluding carboxylic acids is 2. The Morgan fingerprint density at radius 2 is 2.12 bits per heavy atom. The van der Waals surface area contributed by atoms with E-state index in [2.05, 4.69) is 10.4 Å². The monoisotopic (exact) mass is 354 g/mol. The van der Waals surface area contributed by atoms with Gasteiger partial charge in [-0.2, -0.15) is 5.10 Å². The molecule has 1 aromatic heterocycles. The number of nitrogens with one attached hydrogen (secondary N) is 1. The summed E-state index contributed by atoms with van der Waals surface area (Å²) in [5.41, 5.74) is 0.577. The van der Waals surface area contributed by atoms with E-state index in [4.69, 9.17) is 0 Å². The molecule has 2 atom stereocenters. The Bertz CT molecular complexity index is 803. The summed E-state index contributed by atoms with van der Waals surface area (Å²) in [6, 6.07) is 9.09. The minimum atomic E-state index is -0.874. The summed E-state index contributed by atoms with van der Waals surface area (Å²) in [6.07, 6.45) is 4.70. The fourth-order valence-electron chi connectivity index (χ4n) is 3.98. The van der Waals surface area contributed by atoms with E-state index in [9.17, 15) is 14.7 Å². The zero-order valence-electron chi connectivity index (χ0n) is 14.5. The number of hydrogen-bond acceptors (Lipinski definition) is 4. The lowest BCUT2D eigenvalue weighted by atomic mass is 9.71. The van der Waals surface area contributed by atoms with E-state index in [0.717, 1.165) is 12.1 Å². The number of aliphatic hydroxyl groups excluding tert-OH is 1. The third kappa shape index (κ3) is 2.78. The van der Waals surface area contributed by atoms with Gasteiger partial charge in [-0.1, -0.05) is 0 Å². The molecule has 0 bridgehead atoms. The molecule has 0 radical (unpaired) electrons. The number of benzene rings is 1. The summed E-state index contributed by atoms with van der Waals surface area (Å²) in [7, 11) is 0. The number of rotatable bonds is 2. The molecular weight excluding hydrogens is 332 g/mol. The van der Waals surface area contributed by atoms with Gasteiger partial charge in [0.25, 0.3) is 5.91 Å². The zero-order chi connectivity index (χ0) is 18.1. The lowest BCUT2D eigenvalue weighted by molar-refractivity contribution is -0.147. The fraction of sp³-hybridized carbons (Fsp3) is 0.421. The molecule has 2 aromatic rings. The Kier molecular flexibility index (Phi) is 4.24. The highest BCUT2D eigenvalue weighted by molar-refractivity contribution is 5.95. The van der Waals surface area contributed by atoms with E-state index in [1.807, 2.05) is 24.4 Å². The van der Waals surface area contributed by atoms with E-state index < -0.39 is 11.5 Å². The van der Waals surface area contributed by atoms with Crippen molar-refractivity contribution in [2.75, 3.05) is 19.6 Å². The first-order valence-electron chi connectivity index (χ1n) is 8.96. The molecule has 26 heavy (non-hydrogen) atoms. The van der Waals surface area contributed by atoms with Crippen LogP contribution < -0.4 is 5.32 Å². The predicted molar refractivity (Wildman–Crippen MR) is 94.8 cm³/mol. The summed E-state index contributed by atoms with van der Waals surface area (Å²) >= 11 is 0. The highest BCUT2D eigenvalue weighted by Crippen LogP contribution is 2.37. The van der Waals surface area contributed by atoms with Crippen molar-refractivity contribution in [3.63, 3.8) is 0 Å². The second kappa shape index (κ2) is 6.57. The first-order chi connectivity index (χ1) is 12.6. The molecule has 3 heterocycles. The van der Waals surface area contributed by atoms with Crippen LogP contribution in [0.3, 0.4) is 0 Å². The van der Waals surface area contributed by atoms with Gasteiger partial charge in [-0.05, 0) is 49.6 Å². The van der Waals surface area contributed by atoms with Crippen molar-refractivity contribution >= 4 is 11.8 Å². The summed E-state index contributed by atoms with van der Waals surface area (Å²) in [6.45, 7) is 1.35. The van der Waals surface area contributed by atoms with E-state index in [-0.39, 0.29) is 18.4 Å². The molecule has 2 amide bonds. The van der Waals surface area contributed by atoms with Gasteiger partial charge in [0.05, 0.1) is 17.2 Å². The molecule has 0 unspecified atom stereocenters. The predicted octanol–water partition coefficient (Wildman–Crippen LogP) is 0.975. The molecule has 2 fully saturated rings. The number of nitrogens with zero attached hydrogens (tertiary/aromatic N) is 3. The van der Waals surface area contributed by atoms with Gasteiger partial charge in [-0.3, -0.25) is 9.59 Å². The normalized spacial score (nSPS) is 26.0. The largest absolute Gasteiger partial charge is 0.392 e. The zero-order valence-corrected chi connectivity index (χ0v) is 14.5. The molecule has 1 spiro atoms. The minimum Gasteiger partial charge on any atom is -0.392 e. The maximum Gasteiger partial charge on any atom is 0.253 e. The van der Waals surface area contributed by atoms with Crippen LogP contribution >= 0.6 is 0 Å². The number of likely N-dealkylation sites (tertiary alicyclic amines) is 1. The fourth-order valence-corrected chi connectivity index (χ4v) is 3.98. The quantitative estimate of drug-likeness (QED) is 0.841. The lowest BCUT2D eigenvalue weighted by Gasteiger charge is -2.46. The Labute approximate surface area is 151 Å². The highest BCUT2D eigenvalue weighted by atomic mass is 16.3. The molecular formula is C19H22N4O3. The molecule has 136 valence electrons. The first kappa shape index (κ1) is 16.8. The van der Waals surface area contributed by atoms with Crippen molar-refractivity contribution < 1.29 is 14.7 Å². The van der Waals surface area contributed by atoms with E-state index in [1.165, 1.54) is 0 Å². The van der Waals surface area contributed by atoms with Crippen molar-refractivity contribution in [3.05, 3.63) is 48.3 Å². The van der Waals surface area contributed by atoms with Crippen molar-refractivity contribution in [1.82, 2.24) is 20.0 Å². The third-order valence-electron chi connectivity index (χ3n) is 5.49. The molecule has 2 aliphatic heterocycles. The number of carbonyl (C=O) groups is 2. The molecule has 2 N–H and O–H groups in total. The van der Waals surface area contributed by atoms with Crippen LogP contribution in [-0.2, 0) is 4.79 Å². The Hall–Kier alpha value is -2.67. The van der Waals surface area contributed by atoms with E-state index in [1.54, 1.807) is 27.9 Å². The molecule has 2 aliphatic rings. The van der Waals surface area contributed by atoms with Gasteiger partial charge < -0.3 is 15.3 Å². The summed E-state index contributed by atoms with van der Waals surface area (Å²) in [5.74, 6) is -0.246. The molecule has 7 nitrogen and oxygen atoms in total. The SMILES string of the molecule is O=C(c1ccc(-n2cccn2)cc1)N1CC[C@H](O)[C@@]2(CCCNC2=O)C1. The van der Waals surface area contributed by atoms with E-state index >= 15 is 0 Å². The van der Waals surface area contributed by atoms with Crippen molar-refractivity contribution in [2.24, 2.45) is 5.41 Å². The topological polar surface area (TPSA) is 87.5 Å². The highest BCUT2D eigenvalue weighted by Gasteiger charge is 2.50. The summed E-state index contributed by atoms with van der Waals surface area (Å²) < 4.78 is 1.73. The minimum absolute atomic E-state index is 0.110. The van der Waals surface area contributed by atoms with Crippen LogP contribution in [0.4, 0.5) is 0 Å². The van der Waals surface area contributed by atoms with Crippen molar-refractivity contribution in [1.29, 1.82) is 0 Å². The molecule has 4 rings (SSSR count). The van der Waals surface area contributed by atoms with Gasteiger partial charge in [-0.25, -0.2) is 4.68 Å². The standard InChI is InChI=1S/C19H22N4O3/c24-16-7-12-22(13-19(16)8-1-9-20-18(19)26)17(25)14-3-5-15(6-4-14)23-11-2-10-21-23/h2-6,10-11,16,24H,1,7-9,12-13H2,(H,20,26)/t16-,19+/m0/s1. The summed E-state index contributed by atoms with van der Waals surface area (Å²) in [4.78, 5) is 27.1. The second-order valence-corrected chi connectivity index (χ2v) is 7.04. The van der Waals surface area contributed by atoms with Gasteiger partial charge >= 0.3 is 0 Å². The van der Waals surface area contributed by atoms with Crippen molar-refractivity contribution in [3.8, 4) is 5.69 Å². The molecule has 1 aromatic carbocycles. The van der Waals surface area contributed by atoms with Gasteiger partial charge in [0.1, 0.15) is 0 Å². The average Bonchev–Trinajstić information content (AvgIpc) is 3.20. The first-order valence-corrected chi connectivity index (χ1v) is 8.96. The Balaban J connectivity index is 1.53. The molecule has 0 aliphatic carbocycles. The van der Waals surface area contributed by atoms with Crippen molar-refractivity contribution in [2.45, 2.75) is 25.4 Å². The van der Waals surface area contributed by atoms with Crippen LogP contribution in [0.5, 0.6) is 0 Å². The third-order valence-corrected chi connectivity index (χ3v) is 5.49. The van der Waals surface area contributed by atoms with Crippen LogP contribution in [0.25, 0.3) is 5.69 Å². The lowest BCUT2D eigenvalue weighted by Crippen LogP contribution is -2.62. The van der Waals surface area contributed by atoms with Gasteiger partial charge in [0.2, 0.25) is 5.91 Å². The summed E-state index contributed by atoms with van der Waals surface area (Å²) in [5, 5.41) is 17.5. The van der Waals surface area contributed by atoms with Crippen LogP contribution in [0.2, 0.25) is 0 Å². The number of amides is 2. The Morgan fingerprint density at radius 1 is 1.31 bits per heavy atom. The smallest absolute Gasteiger partial charge is 0.253 e. The molecule has 7 heteroatoms. The number of hydrogen-bond donors (Lipinski definition) is 2. The second-order valence-electron chi connectivity index (χ2n) is 7.04. The number of aromatic nitrogens is 2. The van der Waals surface area contributed by atoms with Crippen LogP contribution in [0.1, 0.15) is 29.6 Å². The number of aliphatic hydroxyl groups is 1. The van der Waals surface area contributed by atoms with Gasteiger partial charge in [0.15, 0.2) is 0 Å². The maximum atomic E-state index is 12.9. The van der Waals surface area contributed by atoms with E-state index in [0.29, 0.717) is 31.5 Å². The average molecular weight is 354 g/mol. The maximum absolute atomic E-state index is 12.9. The van der Waals surface area contributed by atoms with Gasteiger partial charge in [0, 0.05) is 37.6 Å². The number of piperidine rings is 2. The van der Waals surface area contributed by atoms with Gasteiger partial charge in [-0.15, -0.1) is 0 Å². The molecule has 2 saturated heterocycles. The van der Waals surface area contributed by atoms with Crippen LogP contribution in [0, 0.1) is 5.41 Å². The van der Waals surface area contributed by atoms with Crippen LogP contribution in [0.15, 0.2) is 42.7 Å². The molecule has 0 saturated carbocycles. The Morgan fingerprint density at radius 3 is 2.81 bits per heavy atom. The van der Waals surface area contributed by atoms with Crippen LogP contribution in [-0.4, -0.2) is 57.3 Å².